The maximum Gasteiger partial charge on any atom is 0.233 e. The molecule has 8 nitrogen and oxygen atoms in total. The van der Waals surface area contributed by atoms with Crippen LogP contribution in [0.25, 0.3) is 11.0 Å². The van der Waals surface area contributed by atoms with Crippen molar-refractivity contribution in [3.8, 4) is 0 Å². The van der Waals surface area contributed by atoms with E-state index in [2.05, 4.69) is 15.3 Å². The van der Waals surface area contributed by atoms with Crippen molar-refractivity contribution in [2.75, 3.05) is 6.54 Å². The number of imidazole rings is 1. The predicted molar refractivity (Wildman–Crippen MR) is 117 cm³/mol. The zero-order valence-corrected chi connectivity index (χ0v) is 18.6. The van der Waals surface area contributed by atoms with E-state index in [4.69, 9.17) is 0 Å². The number of hydrogen-bond acceptors (Lipinski definition) is 5. The average molecular weight is 431 g/mol. The molecule has 1 saturated carbocycles. The van der Waals surface area contributed by atoms with Crippen LogP contribution >= 0.6 is 0 Å². The maximum atomic E-state index is 13.3. The summed E-state index contributed by atoms with van der Waals surface area (Å²) in [5.41, 5.74) is 2.02. The number of nitrogens with one attached hydrogen (secondary N) is 2. The highest BCUT2D eigenvalue weighted by Gasteiger charge is 2.34. The lowest BCUT2D eigenvalue weighted by Gasteiger charge is -2.32. The molecule has 31 heavy (non-hydrogen) atoms. The molecule has 0 radical (unpaired) electrons. The Bertz CT molecular complexity index is 899. The number of fused-ring (bicyclic) bond motifs is 1. The van der Waals surface area contributed by atoms with E-state index in [1.54, 1.807) is 0 Å². The number of benzene rings is 1. The highest BCUT2D eigenvalue weighted by atomic mass is 16.5. The second kappa shape index (κ2) is 9.78. The summed E-state index contributed by atoms with van der Waals surface area (Å²) in [6.45, 7) is 6.00. The molecule has 3 rings (SSSR count). The zero-order valence-electron chi connectivity index (χ0n) is 18.6. The largest absolute Gasteiger partial charge is 0.392 e. The molecule has 4 N–H and O–H groups in total. The number of nitrogens with zero attached hydrogens (tertiary/aromatic N) is 2. The molecule has 0 aliphatic heterocycles. The number of H-pyrrole nitrogens is 1. The summed E-state index contributed by atoms with van der Waals surface area (Å²) in [5.74, 6) is 0.395. The van der Waals surface area contributed by atoms with Crippen LogP contribution in [-0.2, 0) is 16.2 Å². The average Bonchev–Trinajstić information content (AvgIpc) is 3.38. The van der Waals surface area contributed by atoms with E-state index in [0.29, 0.717) is 29.6 Å². The second-order valence-corrected chi connectivity index (χ2v) is 9.75. The van der Waals surface area contributed by atoms with Gasteiger partial charge in [-0.05, 0) is 35.4 Å². The number of carbonyl (C=O) groups excluding carboxylic acids is 2. The van der Waals surface area contributed by atoms with E-state index < -0.39 is 5.92 Å². The Balaban J connectivity index is 1.84. The number of hydrogen-bond donors (Lipinski definition) is 4. The highest BCUT2D eigenvalue weighted by Crippen LogP contribution is 2.34. The minimum atomic E-state index is -0.492. The highest BCUT2D eigenvalue weighted by molar-refractivity contribution is 5.80. The van der Waals surface area contributed by atoms with Gasteiger partial charge in [-0.25, -0.2) is 10.0 Å². The molecule has 1 heterocycles. The number of aliphatic hydroxyl groups excluding tert-OH is 1. The molecule has 170 valence electrons. The molecule has 1 fully saturated rings. The van der Waals surface area contributed by atoms with Gasteiger partial charge >= 0.3 is 0 Å². The molecule has 1 aromatic heterocycles. The molecule has 0 spiro atoms. The standard InChI is InChI=1S/C23H34N4O4/c1-23(2,3)20(21-24-18-9-8-16(13-28)11-19(18)25-21)26-22(30)17(12-27(31)14-29)10-15-6-4-5-7-15/h8-9,11,14-15,17,20,28,31H,4-7,10,12-13H2,1-3H3,(H,24,25)(H,26,30)/t17?,20-/m1/s1. The SMILES string of the molecule is CC(C)(C)[C@H](NC(=O)C(CC1CCCC1)CN(O)C=O)c1nc2ccc(CO)cc2[nH]1. The van der Waals surface area contributed by atoms with Crippen molar-refractivity contribution in [1.82, 2.24) is 20.3 Å². The van der Waals surface area contributed by atoms with Crippen LogP contribution in [0.1, 0.15) is 70.3 Å². The molecule has 0 saturated heterocycles. The summed E-state index contributed by atoms with van der Waals surface area (Å²) in [5, 5.41) is 22.8. The van der Waals surface area contributed by atoms with Gasteiger partial charge in [-0.2, -0.15) is 0 Å². The van der Waals surface area contributed by atoms with Gasteiger partial charge in [0.05, 0.1) is 36.1 Å². The van der Waals surface area contributed by atoms with E-state index in [1.165, 1.54) is 0 Å². The quantitative estimate of drug-likeness (QED) is 0.276. The zero-order chi connectivity index (χ0) is 22.6. The molecule has 2 atom stereocenters. The second-order valence-electron chi connectivity index (χ2n) is 9.75. The number of amides is 2. The molecule has 8 heteroatoms. The third-order valence-corrected chi connectivity index (χ3v) is 6.17. The van der Waals surface area contributed by atoms with Crippen LogP contribution in [0.4, 0.5) is 0 Å². The first-order chi connectivity index (χ1) is 14.7. The number of aromatic amines is 1. The van der Waals surface area contributed by atoms with E-state index >= 15 is 0 Å². The molecule has 1 aliphatic rings. The van der Waals surface area contributed by atoms with Gasteiger partial charge in [0, 0.05) is 0 Å². The van der Waals surface area contributed by atoms with Gasteiger partial charge in [0.15, 0.2) is 0 Å². The van der Waals surface area contributed by atoms with Gasteiger partial charge in [-0.1, -0.05) is 52.5 Å². The Kier molecular flexibility index (Phi) is 7.33. The van der Waals surface area contributed by atoms with Gasteiger partial charge in [0.25, 0.3) is 0 Å². The van der Waals surface area contributed by atoms with Crippen molar-refractivity contribution in [3.63, 3.8) is 0 Å². The Morgan fingerprint density at radius 3 is 2.68 bits per heavy atom. The van der Waals surface area contributed by atoms with Crippen LogP contribution in [0.15, 0.2) is 18.2 Å². The molecule has 2 amide bonds. The first kappa shape index (κ1) is 23.2. The van der Waals surface area contributed by atoms with Crippen LogP contribution in [0.5, 0.6) is 0 Å². The monoisotopic (exact) mass is 430 g/mol. The predicted octanol–water partition coefficient (Wildman–Crippen LogP) is 3.30. The molecule has 2 aromatic rings. The molecule has 1 aromatic carbocycles. The molecular formula is C23H34N4O4. The fraction of sp³-hybridized carbons (Fsp3) is 0.609. The number of rotatable bonds is 9. The van der Waals surface area contributed by atoms with Crippen LogP contribution in [-0.4, -0.2) is 44.2 Å². The van der Waals surface area contributed by atoms with Gasteiger partial charge in [0.2, 0.25) is 12.3 Å². The molecule has 0 bridgehead atoms. The Hall–Kier alpha value is -2.45. The number of aliphatic hydroxyl groups is 1. The lowest BCUT2D eigenvalue weighted by molar-refractivity contribution is -0.155. The lowest BCUT2D eigenvalue weighted by Crippen LogP contribution is -2.43. The number of aromatic nitrogens is 2. The number of hydroxylamine groups is 2. The first-order valence-electron chi connectivity index (χ1n) is 11.0. The van der Waals surface area contributed by atoms with Crippen molar-refractivity contribution < 1.29 is 19.9 Å². The first-order valence-corrected chi connectivity index (χ1v) is 11.0. The van der Waals surface area contributed by atoms with E-state index in [9.17, 15) is 19.9 Å². The van der Waals surface area contributed by atoms with Crippen molar-refractivity contribution >= 4 is 23.4 Å². The number of carbonyl (C=O) groups is 2. The summed E-state index contributed by atoms with van der Waals surface area (Å²) in [7, 11) is 0. The Morgan fingerprint density at radius 1 is 1.35 bits per heavy atom. The Morgan fingerprint density at radius 2 is 2.06 bits per heavy atom. The molecule has 1 unspecified atom stereocenters. The summed E-state index contributed by atoms with van der Waals surface area (Å²) in [4.78, 5) is 32.2. The van der Waals surface area contributed by atoms with Crippen molar-refractivity contribution in [2.45, 2.75) is 65.5 Å². The normalized spacial score (nSPS) is 16.9. The van der Waals surface area contributed by atoms with Gasteiger partial charge in [-0.15, -0.1) is 0 Å². The topological polar surface area (TPSA) is 119 Å². The Labute approximate surface area is 183 Å². The minimum Gasteiger partial charge on any atom is -0.392 e. The third kappa shape index (κ3) is 5.83. The summed E-state index contributed by atoms with van der Waals surface area (Å²) in [6, 6.07) is 5.13. The summed E-state index contributed by atoms with van der Waals surface area (Å²) >= 11 is 0. The van der Waals surface area contributed by atoms with E-state index in [-0.39, 0.29) is 30.5 Å². The van der Waals surface area contributed by atoms with Crippen molar-refractivity contribution in [1.29, 1.82) is 0 Å². The van der Waals surface area contributed by atoms with Crippen molar-refractivity contribution in [3.05, 3.63) is 29.6 Å². The lowest BCUT2D eigenvalue weighted by atomic mass is 9.85. The maximum absolute atomic E-state index is 13.3. The van der Waals surface area contributed by atoms with E-state index in [0.717, 1.165) is 42.3 Å². The van der Waals surface area contributed by atoms with Crippen LogP contribution in [0.3, 0.4) is 0 Å². The van der Waals surface area contributed by atoms with Crippen molar-refractivity contribution in [2.24, 2.45) is 17.3 Å². The minimum absolute atomic E-state index is 0.0251. The molecular weight excluding hydrogens is 396 g/mol. The summed E-state index contributed by atoms with van der Waals surface area (Å²) < 4.78 is 0. The van der Waals surface area contributed by atoms with Gasteiger partial charge in [0.1, 0.15) is 5.82 Å². The fourth-order valence-electron chi connectivity index (χ4n) is 4.45. The molecule has 1 aliphatic carbocycles. The smallest absolute Gasteiger partial charge is 0.233 e. The van der Waals surface area contributed by atoms with Crippen LogP contribution in [0, 0.1) is 17.3 Å². The van der Waals surface area contributed by atoms with Gasteiger partial charge < -0.3 is 15.4 Å². The van der Waals surface area contributed by atoms with E-state index in [1.807, 2.05) is 39.0 Å². The fourth-order valence-corrected chi connectivity index (χ4v) is 4.45. The van der Waals surface area contributed by atoms with Gasteiger partial charge in [-0.3, -0.25) is 14.8 Å². The van der Waals surface area contributed by atoms with Crippen LogP contribution < -0.4 is 5.32 Å². The van der Waals surface area contributed by atoms with Crippen LogP contribution in [0.2, 0.25) is 0 Å². The third-order valence-electron chi connectivity index (χ3n) is 6.17. The summed E-state index contributed by atoms with van der Waals surface area (Å²) in [6.07, 6.45) is 5.47.